The summed E-state index contributed by atoms with van der Waals surface area (Å²) in [5, 5.41) is 0. The summed E-state index contributed by atoms with van der Waals surface area (Å²) in [7, 11) is 0. The van der Waals surface area contributed by atoms with E-state index in [1.54, 1.807) is 36.3 Å². The van der Waals surface area contributed by atoms with Gasteiger partial charge in [0.2, 0.25) is 5.91 Å². The van der Waals surface area contributed by atoms with Crippen molar-refractivity contribution in [1.29, 1.82) is 0 Å². The Labute approximate surface area is 155 Å². The zero-order valence-corrected chi connectivity index (χ0v) is 15.0. The van der Waals surface area contributed by atoms with Gasteiger partial charge in [-0.3, -0.25) is 25.0 Å². The smallest absolute Gasteiger partial charge is 0.269 e. The van der Waals surface area contributed by atoms with Crippen molar-refractivity contribution in [3.05, 3.63) is 54.4 Å². The van der Waals surface area contributed by atoms with Crippen LogP contribution in [-0.2, 0) is 4.79 Å². The molecule has 2 N–H and O–H groups in total. The number of carbonyl (C=O) groups is 2. The van der Waals surface area contributed by atoms with Crippen LogP contribution < -0.4 is 10.9 Å². The van der Waals surface area contributed by atoms with Crippen molar-refractivity contribution in [2.45, 2.75) is 17.7 Å². The van der Waals surface area contributed by atoms with Crippen molar-refractivity contribution in [3.8, 4) is 5.69 Å². The number of thioether (sulfide) groups is 1. The molecule has 1 heterocycles. The summed E-state index contributed by atoms with van der Waals surface area (Å²) in [5.74, 6) is -0.423. The third-order valence-electron chi connectivity index (χ3n) is 4.41. The zero-order valence-electron chi connectivity index (χ0n) is 14.2. The normalized spacial score (nSPS) is 13.6. The maximum absolute atomic E-state index is 12.3. The van der Waals surface area contributed by atoms with Gasteiger partial charge in [-0.25, -0.2) is 4.98 Å². The maximum Gasteiger partial charge on any atom is 0.269 e. The van der Waals surface area contributed by atoms with Crippen LogP contribution in [0, 0.1) is 5.92 Å². The van der Waals surface area contributed by atoms with Gasteiger partial charge in [0.1, 0.15) is 6.33 Å². The number of fused-ring (bicyclic) bond motifs is 1. The van der Waals surface area contributed by atoms with E-state index in [0.717, 1.165) is 29.6 Å². The molecule has 0 aliphatic heterocycles. The molecule has 3 aromatic rings. The van der Waals surface area contributed by atoms with Crippen LogP contribution in [0.15, 0.2) is 53.7 Å². The number of imidazole rings is 1. The molecule has 0 atom stereocenters. The maximum atomic E-state index is 12.3. The Balaban J connectivity index is 1.59. The van der Waals surface area contributed by atoms with E-state index in [9.17, 15) is 9.59 Å². The number of nitrogens with one attached hydrogen (secondary N) is 2. The molecule has 1 aliphatic rings. The molecule has 2 amide bonds. The first-order chi connectivity index (χ1) is 12.7. The van der Waals surface area contributed by atoms with Gasteiger partial charge in [0.15, 0.2) is 0 Å². The number of benzene rings is 2. The molecule has 0 saturated heterocycles. The number of carbonyl (C=O) groups excluding carboxylic acids is 2. The summed E-state index contributed by atoms with van der Waals surface area (Å²) in [6.45, 7) is 0. The fourth-order valence-electron chi connectivity index (χ4n) is 2.74. The van der Waals surface area contributed by atoms with Crippen molar-refractivity contribution >= 4 is 34.6 Å². The van der Waals surface area contributed by atoms with Gasteiger partial charge in [0, 0.05) is 22.1 Å². The van der Waals surface area contributed by atoms with Gasteiger partial charge in [-0.1, -0.05) is 0 Å². The average molecular weight is 366 g/mol. The summed E-state index contributed by atoms with van der Waals surface area (Å²) in [6, 6.07) is 13.4. The van der Waals surface area contributed by atoms with Crippen molar-refractivity contribution in [2.75, 3.05) is 6.26 Å². The standard InChI is InChI=1S/C19H18N4O2S/c1-26-15-7-5-14(6-8-15)23-11-20-16-9-4-13(10-17(16)23)19(25)22-21-18(24)12-2-3-12/h4-12H,2-3H2,1H3,(H,21,24)(H,22,25). The third-order valence-corrected chi connectivity index (χ3v) is 5.15. The Morgan fingerprint density at radius 2 is 1.88 bits per heavy atom. The first-order valence-corrected chi connectivity index (χ1v) is 9.60. The molecular weight excluding hydrogens is 348 g/mol. The van der Waals surface area contributed by atoms with Crippen LogP contribution in [0.25, 0.3) is 16.7 Å². The van der Waals surface area contributed by atoms with Gasteiger partial charge in [-0.15, -0.1) is 11.8 Å². The van der Waals surface area contributed by atoms with E-state index in [0.29, 0.717) is 5.56 Å². The molecule has 0 radical (unpaired) electrons. The topological polar surface area (TPSA) is 76.0 Å². The molecule has 1 saturated carbocycles. The van der Waals surface area contributed by atoms with Crippen LogP contribution in [0.2, 0.25) is 0 Å². The van der Waals surface area contributed by atoms with Gasteiger partial charge in [-0.05, 0) is 61.6 Å². The highest BCUT2D eigenvalue weighted by Crippen LogP contribution is 2.28. The molecule has 2 aromatic carbocycles. The minimum absolute atomic E-state index is 0.0449. The van der Waals surface area contributed by atoms with Crippen LogP contribution in [0.5, 0.6) is 0 Å². The van der Waals surface area contributed by atoms with Gasteiger partial charge in [0.25, 0.3) is 5.91 Å². The Morgan fingerprint density at radius 1 is 1.12 bits per heavy atom. The first kappa shape index (κ1) is 16.7. The second kappa shape index (κ2) is 6.84. The molecule has 4 rings (SSSR count). The third kappa shape index (κ3) is 3.30. The number of hydrazine groups is 1. The minimum Gasteiger partial charge on any atom is -0.299 e. The van der Waals surface area contributed by atoms with E-state index in [2.05, 4.69) is 28.0 Å². The molecular formula is C19H18N4O2S. The van der Waals surface area contributed by atoms with E-state index in [-0.39, 0.29) is 17.7 Å². The molecule has 1 aliphatic carbocycles. The van der Waals surface area contributed by atoms with E-state index in [1.165, 1.54) is 4.90 Å². The minimum atomic E-state index is -0.341. The van der Waals surface area contributed by atoms with Crippen molar-refractivity contribution < 1.29 is 9.59 Å². The lowest BCUT2D eigenvalue weighted by Gasteiger charge is -2.08. The summed E-state index contributed by atoms with van der Waals surface area (Å²) in [4.78, 5) is 29.6. The van der Waals surface area contributed by atoms with E-state index >= 15 is 0 Å². The average Bonchev–Trinajstić information content (AvgIpc) is 3.45. The Kier molecular flexibility index (Phi) is 4.38. The number of nitrogens with zero attached hydrogens (tertiary/aromatic N) is 2. The quantitative estimate of drug-likeness (QED) is 0.550. The highest BCUT2D eigenvalue weighted by Gasteiger charge is 2.29. The molecule has 26 heavy (non-hydrogen) atoms. The van der Waals surface area contributed by atoms with Crippen molar-refractivity contribution in [3.63, 3.8) is 0 Å². The van der Waals surface area contributed by atoms with Crippen LogP contribution in [0.4, 0.5) is 0 Å². The molecule has 132 valence electrons. The number of rotatable bonds is 4. The fraction of sp³-hybridized carbons (Fsp3) is 0.211. The molecule has 6 nitrogen and oxygen atoms in total. The second-order valence-electron chi connectivity index (χ2n) is 6.23. The van der Waals surface area contributed by atoms with Crippen LogP contribution in [0.3, 0.4) is 0 Å². The van der Waals surface area contributed by atoms with Crippen LogP contribution >= 0.6 is 11.8 Å². The van der Waals surface area contributed by atoms with Crippen molar-refractivity contribution in [1.82, 2.24) is 20.4 Å². The zero-order chi connectivity index (χ0) is 18.1. The summed E-state index contributed by atoms with van der Waals surface area (Å²) in [6.07, 6.45) is 5.56. The fourth-order valence-corrected chi connectivity index (χ4v) is 3.14. The van der Waals surface area contributed by atoms with E-state index in [1.807, 2.05) is 23.0 Å². The monoisotopic (exact) mass is 366 g/mol. The Hall–Kier alpha value is -2.80. The number of hydrogen-bond acceptors (Lipinski definition) is 4. The van der Waals surface area contributed by atoms with Gasteiger partial charge in [-0.2, -0.15) is 0 Å². The lowest BCUT2D eigenvalue weighted by Crippen LogP contribution is -2.42. The summed E-state index contributed by atoms with van der Waals surface area (Å²) in [5.41, 5.74) is 8.05. The van der Waals surface area contributed by atoms with Gasteiger partial charge >= 0.3 is 0 Å². The molecule has 0 spiro atoms. The highest BCUT2D eigenvalue weighted by molar-refractivity contribution is 7.98. The Bertz CT molecular complexity index is 977. The highest BCUT2D eigenvalue weighted by atomic mass is 32.2. The second-order valence-corrected chi connectivity index (χ2v) is 7.11. The number of aromatic nitrogens is 2. The SMILES string of the molecule is CSc1ccc(-n2cnc3ccc(C(=O)NNC(=O)C4CC4)cc32)cc1. The van der Waals surface area contributed by atoms with Crippen LogP contribution in [0.1, 0.15) is 23.2 Å². The van der Waals surface area contributed by atoms with Gasteiger partial charge < -0.3 is 0 Å². The summed E-state index contributed by atoms with van der Waals surface area (Å²) >= 11 is 1.69. The molecule has 7 heteroatoms. The Morgan fingerprint density at radius 3 is 2.58 bits per heavy atom. The van der Waals surface area contributed by atoms with Gasteiger partial charge in [0.05, 0.1) is 11.0 Å². The molecule has 0 bridgehead atoms. The predicted molar refractivity (Wildman–Crippen MR) is 101 cm³/mol. The molecule has 0 unspecified atom stereocenters. The lowest BCUT2D eigenvalue weighted by molar-refractivity contribution is -0.123. The summed E-state index contributed by atoms with van der Waals surface area (Å²) < 4.78 is 1.94. The predicted octanol–water partition coefficient (Wildman–Crippen LogP) is 2.92. The largest absolute Gasteiger partial charge is 0.299 e. The molecule has 1 fully saturated rings. The molecule has 1 aromatic heterocycles. The van der Waals surface area contributed by atoms with Crippen LogP contribution in [-0.4, -0.2) is 27.6 Å². The number of amides is 2. The number of hydrogen-bond donors (Lipinski definition) is 2. The first-order valence-electron chi connectivity index (χ1n) is 8.37. The van der Waals surface area contributed by atoms with E-state index < -0.39 is 0 Å². The van der Waals surface area contributed by atoms with E-state index in [4.69, 9.17) is 0 Å². The van der Waals surface area contributed by atoms with Crippen molar-refractivity contribution in [2.24, 2.45) is 5.92 Å². The lowest BCUT2D eigenvalue weighted by atomic mass is 10.2.